The second kappa shape index (κ2) is 8.49. The zero-order valence-corrected chi connectivity index (χ0v) is 15.5. The minimum absolute atomic E-state index is 0.357. The molecule has 0 fully saturated rings. The van der Waals surface area contributed by atoms with E-state index in [0.29, 0.717) is 5.56 Å². The Kier molecular flexibility index (Phi) is 6.35. The van der Waals surface area contributed by atoms with E-state index >= 15 is 0 Å². The summed E-state index contributed by atoms with van der Waals surface area (Å²) >= 11 is 0. The van der Waals surface area contributed by atoms with Gasteiger partial charge in [-0.15, -0.1) is 0 Å². The number of nitrogens with one attached hydrogen (secondary N) is 2. The van der Waals surface area contributed by atoms with E-state index in [0.717, 1.165) is 11.1 Å². The topological polar surface area (TPSA) is 104 Å². The van der Waals surface area contributed by atoms with Crippen molar-refractivity contribution in [3.63, 3.8) is 0 Å². The maximum Gasteiger partial charge on any atom is 0.267 e. The summed E-state index contributed by atoms with van der Waals surface area (Å²) in [4.78, 5) is 24.1. The quantitative estimate of drug-likeness (QED) is 0.376. The highest BCUT2D eigenvalue weighted by atomic mass is 16.5. The lowest BCUT2D eigenvalue weighted by Crippen LogP contribution is -2.61. The zero-order chi connectivity index (χ0) is 20.0. The van der Waals surface area contributed by atoms with Crippen LogP contribution in [0.1, 0.15) is 40.9 Å². The van der Waals surface area contributed by atoms with Crippen molar-refractivity contribution in [2.45, 2.75) is 32.4 Å². The second-order valence-electron chi connectivity index (χ2n) is 6.90. The zero-order valence-electron chi connectivity index (χ0n) is 15.5. The summed E-state index contributed by atoms with van der Waals surface area (Å²) in [5.74, 6) is 4.85. The van der Waals surface area contributed by atoms with Crippen LogP contribution in [0.3, 0.4) is 0 Å². The summed E-state index contributed by atoms with van der Waals surface area (Å²) in [6.45, 7) is 5.18. The molecular formula is C21H23N3O3. The maximum absolute atomic E-state index is 12.4. The fourth-order valence-corrected chi connectivity index (χ4v) is 2.35. The molecule has 0 saturated carbocycles. The van der Waals surface area contributed by atoms with Gasteiger partial charge in [0.25, 0.3) is 11.8 Å². The molecule has 0 aliphatic carbocycles. The van der Waals surface area contributed by atoms with Crippen molar-refractivity contribution in [2.75, 3.05) is 0 Å². The Balaban J connectivity index is 2.11. The first-order valence-electron chi connectivity index (χ1n) is 8.43. The number of carbonyl (C=O) groups excluding carboxylic acids is 2. The lowest BCUT2D eigenvalue weighted by atomic mass is 9.95. The molecule has 0 bridgehead atoms. The molecule has 2 rings (SSSR count). The minimum atomic E-state index is -1.09. The van der Waals surface area contributed by atoms with Gasteiger partial charge in [-0.05, 0) is 57.2 Å². The molecular weight excluding hydrogens is 342 g/mol. The molecule has 5 N–H and O–H groups in total. The first kappa shape index (κ1) is 20.2. The van der Waals surface area contributed by atoms with Crippen molar-refractivity contribution in [1.29, 1.82) is 0 Å². The van der Waals surface area contributed by atoms with Crippen LogP contribution >= 0.6 is 0 Å². The number of aryl methyl sites for hydroxylation is 1. The third-order valence-corrected chi connectivity index (χ3v) is 3.94. The third-order valence-electron chi connectivity index (χ3n) is 3.94. The number of hydroxylamine groups is 1. The number of benzene rings is 2. The van der Waals surface area contributed by atoms with Gasteiger partial charge in [0.15, 0.2) is 0 Å². The maximum atomic E-state index is 12.4. The number of hydrogen-bond donors (Lipinski definition) is 4. The Labute approximate surface area is 158 Å². The molecule has 0 saturated heterocycles. The SMILES string of the molecule is Cc1ccc(C#Cc2ccc(C(=O)NC(C(=O)NO)C(C)(C)N)cc2)cc1. The monoisotopic (exact) mass is 365 g/mol. The van der Waals surface area contributed by atoms with Gasteiger partial charge in [-0.3, -0.25) is 14.8 Å². The van der Waals surface area contributed by atoms with Crippen molar-refractivity contribution in [1.82, 2.24) is 10.8 Å². The van der Waals surface area contributed by atoms with E-state index in [1.807, 2.05) is 31.2 Å². The van der Waals surface area contributed by atoms with Gasteiger partial charge in [-0.1, -0.05) is 29.5 Å². The predicted molar refractivity (Wildman–Crippen MR) is 103 cm³/mol. The molecule has 0 aliphatic rings. The Morgan fingerprint density at radius 3 is 1.93 bits per heavy atom. The van der Waals surface area contributed by atoms with Crippen LogP contribution in [0.5, 0.6) is 0 Å². The normalized spacial score (nSPS) is 11.7. The summed E-state index contributed by atoms with van der Waals surface area (Å²) in [5, 5.41) is 11.4. The van der Waals surface area contributed by atoms with Gasteiger partial charge in [-0.2, -0.15) is 0 Å². The molecule has 6 heteroatoms. The Hall–Kier alpha value is -3.14. The van der Waals surface area contributed by atoms with E-state index < -0.39 is 23.4 Å². The van der Waals surface area contributed by atoms with Gasteiger partial charge in [0, 0.05) is 22.2 Å². The average molecular weight is 365 g/mol. The summed E-state index contributed by atoms with van der Waals surface area (Å²) < 4.78 is 0. The van der Waals surface area contributed by atoms with Crippen LogP contribution in [0.25, 0.3) is 0 Å². The van der Waals surface area contributed by atoms with E-state index in [-0.39, 0.29) is 0 Å². The van der Waals surface area contributed by atoms with Crippen LogP contribution in [-0.2, 0) is 4.79 Å². The van der Waals surface area contributed by atoms with Crippen LogP contribution in [0.4, 0.5) is 0 Å². The van der Waals surface area contributed by atoms with Gasteiger partial charge < -0.3 is 11.1 Å². The van der Waals surface area contributed by atoms with Crippen molar-refractivity contribution >= 4 is 11.8 Å². The molecule has 140 valence electrons. The third kappa shape index (κ3) is 5.68. The molecule has 2 aromatic rings. The number of amides is 2. The van der Waals surface area contributed by atoms with Crippen LogP contribution in [0.15, 0.2) is 48.5 Å². The molecule has 1 atom stereocenters. The van der Waals surface area contributed by atoms with Gasteiger partial charge >= 0.3 is 0 Å². The van der Waals surface area contributed by atoms with Gasteiger partial charge in [0.05, 0.1) is 0 Å². The lowest BCUT2D eigenvalue weighted by molar-refractivity contribution is -0.132. The van der Waals surface area contributed by atoms with Gasteiger partial charge in [0.2, 0.25) is 0 Å². The van der Waals surface area contributed by atoms with E-state index in [4.69, 9.17) is 10.9 Å². The highest BCUT2D eigenvalue weighted by Gasteiger charge is 2.33. The average Bonchev–Trinajstić information content (AvgIpc) is 2.64. The molecule has 1 unspecified atom stereocenters. The Bertz CT molecular complexity index is 870. The lowest BCUT2D eigenvalue weighted by Gasteiger charge is -2.29. The fourth-order valence-electron chi connectivity index (χ4n) is 2.35. The van der Waals surface area contributed by atoms with Crippen molar-refractivity contribution in [2.24, 2.45) is 5.73 Å². The van der Waals surface area contributed by atoms with E-state index in [1.54, 1.807) is 38.1 Å². The van der Waals surface area contributed by atoms with Gasteiger partial charge in [-0.25, -0.2) is 5.48 Å². The van der Waals surface area contributed by atoms with Crippen LogP contribution < -0.4 is 16.5 Å². The smallest absolute Gasteiger partial charge is 0.267 e. The first-order valence-corrected chi connectivity index (χ1v) is 8.43. The highest BCUT2D eigenvalue weighted by molar-refractivity contribution is 5.97. The summed E-state index contributed by atoms with van der Waals surface area (Å²) in [5.41, 5.74) is 9.57. The van der Waals surface area contributed by atoms with Crippen LogP contribution in [0.2, 0.25) is 0 Å². The van der Waals surface area contributed by atoms with Crippen molar-refractivity contribution < 1.29 is 14.8 Å². The first-order chi connectivity index (χ1) is 12.7. The highest BCUT2D eigenvalue weighted by Crippen LogP contribution is 2.09. The molecule has 0 aliphatic heterocycles. The van der Waals surface area contributed by atoms with Crippen molar-refractivity contribution in [3.05, 3.63) is 70.8 Å². The number of carbonyl (C=O) groups is 2. The number of rotatable bonds is 4. The summed E-state index contributed by atoms with van der Waals surface area (Å²) in [6.07, 6.45) is 0. The molecule has 2 amide bonds. The van der Waals surface area contributed by atoms with Crippen LogP contribution in [-0.4, -0.2) is 28.6 Å². The molecule has 27 heavy (non-hydrogen) atoms. The van der Waals surface area contributed by atoms with E-state index in [9.17, 15) is 9.59 Å². The Morgan fingerprint density at radius 2 is 1.48 bits per heavy atom. The molecule has 0 heterocycles. The predicted octanol–water partition coefficient (Wildman–Crippen LogP) is 1.74. The number of nitrogens with two attached hydrogens (primary N) is 1. The van der Waals surface area contributed by atoms with Crippen LogP contribution in [0, 0.1) is 18.8 Å². The van der Waals surface area contributed by atoms with Gasteiger partial charge in [0.1, 0.15) is 6.04 Å². The van der Waals surface area contributed by atoms with E-state index in [1.165, 1.54) is 11.0 Å². The largest absolute Gasteiger partial charge is 0.338 e. The van der Waals surface area contributed by atoms with E-state index in [2.05, 4.69) is 17.2 Å². The molecule has 0 aromatic heterocycles. The second-order valence-corrected chi connectivity index (χ2v) is 6.90. The molecule has 6 nitrogen and oxygen atoms in total. The minimum Gasteiger partial charge on any atom is -0.338 e. The molecule has 2 aromatic carbocycles. The number of hydrogen-bond acceptors (Lipinski definition) is 4. The summed E-state index contributed by atoms with van der Waals surface area (Å²) in [6, 6.07) is 13.5. The Morgan fingerprint density at radius 1 is 1.00 bits per heavy atom. The molecule has 0 spiro atoms. The van der Waals surface area contributed by atoms with Crippen molar-refractivity contribution in [3.8, 4) is 11.8 Å². The summed E-state index contributed by atoms with van der Waals surface area (Å²) in [7, 11) is 0. The molecule has 0 radical (unpaired) electrons. The fraction of sp³-hybridized carbons (Fsp3) is 0.238. The standard InChI is InChI=1S/C21H23N3O3/c1-14-4-6-15(7-5-14)8-9-16-10-12-17(13-11-16)19(25)23-18(20(26)24-27)21(2,3)22/h4-7,10-13,18,27H,22H2,1-3H3,(H,23,25)(H,24,26).